The van der Waals surface area contributed by atoms with E-state index >= 15 is 0 Å². The number of hydrogen-bond donors (Lipinski definition) is 1. The summed E-state index contributed by atoms with van der Waals surface area (Å²) in [6.45, 7) is 0. The van der Waals surface area contributed by atoms with Gasteiger partial charge in [0.25, 0.3) is 5.91 Å². The van der Waals surface area contributed by atoms with Crippen LogP contribution in [-0.2, 0) is 25.1 Å². The van der Waals surface area contributed by atoms with Gasteiger partial charge in [-0.05, 0) is 35.9 Å². The summed E-state index contributed by atoms with van der Waals surface area (Å²) in [5, 5.41) is 2.59. The van der Waals surface area contributed by atoms with E-state index in [1.165, 1.54) is 44.6 Å². The molecule has 0 aliphatic carbocycles. The number of carbonyl (C=O) groups excluding carboxylic acids is 3. The molecule has 0 unspecified atom stereocenters. The Labute approximate surface area is 162 Å². The van der Waals surface area contributed by atoms with Crippen molar-refractivity contribution in [1.82, 2.24) is 0 Å². The lowest BCUT2D eigenvalue weighted by atomic mass is 10.1. The first kappa shape index (κ1) is 21.1. The van der Waals surface area contributed by atoms with E-state index in [9.17, 15) is 22.8 Å². The van der Waals surface area contributed by atoms with Crippen LogP contribution >= 0.6 is 0 Å². The second kappa shape index (κ2) is 8.66. The summed E-state index contributed by atoms with van der Waals surface area (Å²) in [7, 11) is -0.782. The summed E-state index contributed by atoms with van der Waals surface area (Å²) >= 11 is 0. The van der Waals surface area contributed by atoms with Crippen LogP contribution in [0, 0.1) is 0 Å². The van der Waals surface area contributed by atoms with Crippen LogP contribution in [0.2, 0.25) is 0 Å². The van der Waals surface area contributed by atoms with Crippen LogP contribution in [0.15, 0.2) is 42.5 Å². The molecule has 0 radical (unpaired) electrons. The lowest BCUT2D eigenvalue weighted by Gasteiger charge is -2.10. The highest BCUT2D eigenvalue weighted by Crippen LogP contribution is 2.18. The van der Waals surface area contributed by atoms with Crippen molar-refractivity contribution in [3.8, 4) is 0 Å². The maximum atomic E-state index is 12.5. The van der Waals surface area contributed by atoms with E-state index in [2.05, 4.69) is 14.8 Å². The fourth-order valence-corrected chi connectivity index (χ4v) is 3.23. The summed E-state index contributed by atoms with van der Waals surface area (Å²) in [4.78, 5) is 36.1. The molecule has 2 rings (SSSR count). The van der Waals surface area contributed by atoms with Crippen LogP contribution in [0.25, 0.3) is 0 Å². The minimum Gasteiger partial charge on any atom is -0.465 e. The van der Waals surface area contributed by atoms with Crippen molar-refractivity contribution in [2.45, 2.75) is 5.75 Å². The molecule has 0 heterocycles. The highest BCUT2D eigenvalue weighted by molar-refractivity contribution is 7.89. The molecule has 2 aromatic rings. The van der Waals surface area contributed by atoms with Crippen LogP contribution in [0.5, 0.6) is 0 Å². The molecule has 28 heavy (non-hydrogen) atoms. The number of nitrogens with one attached hydrogen (secondary N) is 1. The molecule has 0 bridgehead atoms. The monoisotopic (exact) mass is 405 g/mol. The topological polar surface area (TPSA) is 116 Å². The number of hydrogen-bond acceptors (Lipinski definition) is 7. The third-order valence-electron chi connectivity index (χ3n) is 3.68. The molecular weight excluding hydrogens is 386 g/mol. The first-order valence-corrected chi connectivity index (χ1v) is 10.1. The zero-order valence-electron chi connectivity index (χ0n) is 15.5. The van der Waals surface area contributed by atoms with Gasteiger partial charge in [-0.25, -0.2) is 18.0 Å². The fourth-order valence-electron chi connectivity index (χ4n) is 2.43. The molecule has 0 atom stereocenters. The Balaban J connectivity index is 2.27. The van der Waals surface area contributed by atoms with Crippen LogP contribution in [0.4, 0.5) is 5.69 Å². The summed E-state index contributed by atoms with van der Waals surface area (Å²) in [6, 6.07) is 10.1. The number of rotatable bonds is 6. The predicted molar refractivity (Wildman–Crippen MR) is 102 cm³/mol. The van der Waals surface area contributed by atoms with E-state index in [0.717, 1.165) is 6.26 Å². The van der Waals surface area contributed by atoms with Crippen LogP contribution in [0.3, 0.4) is 0 Å². The fraction of sp³-hybridized carbons (Fsp3) is 0.211. The minimum atomic E-state index is -3.18. The standard InChI is InChI=1S/C19H19NO7S/c1-26-18(22)14-8-15(19(23)27-2)10-16(9-14)20-17(21)13-6-4-12(5-7-13)11-28(3,24)25/h4-10H,11H2,1-3H3,(H,20,21). The van der Waals surface area contributed by atoms with E-state index < -0.39 is 27.7 Å². The smallest absolute Gasteiger partial charge is 0.337 e. The van der Waals surface area contributed by atoms with Gasteiger partial charge in [-0.2, -0.15) is 0 Å². The molecule has 0 saturated heterocycles. The third-order valence-corrected chi connectivity index (χ3v) is 4.54. The highest BCUT2D eigenvalue weighted by Gasteiger charge is 2.16. The van der Waals surface area contributed by atoms with E-state index in [0.29, 0.717) is 5.56 Å². The maximum absolute atomic E-state index is 12.5. The summed E-state index contributed by atoms with van der Waals surface area (Å²) in [5.41, 5.74) is 1.18. The largest absolute Gasteiger partial charge is 0.465 e. The van der Waals surface area contributed by atoms with Crippen molar-refractivity contribution in [2.75, 3.05) is 25.8 Å². The molecule has 0 fully saturated rings. The van der Waals surface area contributed by atoms with Crippen molar-refractivity contribution in [2.24, 2.45) is 0 Å². The molecule has 0 saturated carbocycles. The molecule has 0 aromatic heterocycles. The predicted octanol–water partition coefficient (Wildman–Crippen LogP) is 2.06. The highest BCUT2D eigenvalue weighted by atomic mass is 32.2. The number of sulfone groups is 1. The summed E-state index contributed by atoms with van der Waals surface area (Å²) < 4.78 is 32.0. The Hall–Kier alpha value is -3.20. The molecule has 1 N–H and O–H groups in total. The molecule has 2 aromatic carbocycles. The molecular formula is C19H19NO7S. The van der Waals surface area contributed by atoms with Crippen molar-refractivity contribution < 1.29 is 32.3 Å². The van der Waals surface area contributed by atoms with Crippen LogP contribution < -0.4 is 5.32 Å². The second-order valence-corrected chi connectivity index (χ2v) is 8.14. The summed E-state index contributed by atoms with van der Waals surface area (Å²) in [6.07, 6.45) is 1.13. The van der Waals surface area contributed by atoms with Gasteiger partial charge < -0.3 is 14.8 Å². The average molecular weight is 405 g/mol. The number of carbonyl (C=O) groups is 3. The van der Waals surface area contributed by atoms with Crippen molar-refractivity contribution in [3.05, 3.63) is 64.7 Å². The van der Waals surface area contributed by atoms with Crippen molar-refractivity contribution >= 4 is 33.4 Å². The number of ether oxygens (including phenoxy) is 2. The van der Waals surface area contributed by atoms with Crippen LogP contribution in [-0.4, -0.2) is 46.7 Å². The van der Waals surface area contributed by atoms with Gasteiger partial charge in [0.2, 0.25) is 0 Å². The maximum Gasteiger partial charge on any atom is 0.337 e. The van der Waals surface area contributed by atoms with Crippen molar-refractivity contribution in [1.29, 1.82) is 0 Å². The number of amides is 1. The Morgan fingerprint density at radius 1 is 0.857 bits per heavy atom. The molecule has 8 nitrogen and oxygen atoms in total. The lowest BCUT2D eigenvalue weighted by molar-refractivity contribution is 0.0599. The first-order chi connectivity index (χ1) is 13.1. The molecule has 1 amide bonds. The zero-order valence-corrected chi connectivity index (χ0v) is 16.3. The number of benzene rings is 2. The number of anilines is 1. The van der Waals surface area contributed by atoms with E-state index in [4.69, 9.17) is 0 Å². The number of esters is 2. The van der Waals surface area contributed by atoms with E-state index in [1.807, 2.05) is 0 Å². The normalized spacial score (nSPS) is 10.8. The van der Waals surface area contributed by atoms with Gasteiger partial charge in [0.1, 0.15) is 0 Å². The Morgan fingerprint density at radius 3 is 1.79 bits per heavy atom. The Morgan fingerprint density at radius 2 is 1.36 bits per heavy atom. The molecule has 0 aliphatic heterocycles. The third kappa shape index (κ3) is 5.65. The van der Waals surface area contributed by atoms with E-state index in [-0.39, 0.29) is 28.1 Å². The molecule has 9 heteroatoms. The van der Waals surface area contributed by atoms with Gasteiger partial charge in [-0.3, -0.25) is 4.79 Å². The second-order valence-electron chi connectivity index (χ2n) is 6.00. The molecule has 0 spiro atoms. The Kier molecular flexibility index (Phi) is 6.53. The van der Waals surface area contributed by atoms with Crippen LogP contribution in [0.1, 0.15) is 36.6 Å². The minimum absolute atomic E-state index is 0.0733. The average Bonchev–Trinajstić information content (AvgIpc) is 2.65. The molecule has 0 aliphatic rings. The lowest BCUT2D eigenvalue weighted by Crippen LogP contribution is -2.14. The Bertz CT molecular complexity index is 977. The SMILES string of the molecule is COC(=O)c1cc(NC(=O)c2ccc(CS(C)(=O)=O)cc2)cc(C(=O)OC)c1. The quantitative estimate of drug-likeness (QED) is 0.731. The summed E-state index contributed by atoms with van der Waals surface area (Å²) in [5.74, 6) is -1.97. The van der Waals surface area contributed by atoms with Crippen molar-refractivity contribution in [3.63, 3.8) is 0 Å². The van der Waals surface area contributed by atoms with Gasteiger partial charge in [-0.15, -0.1) is 0 Å². The van der Waals surface area contributed by atoms with E-state index in [1.54, 1.807) is 12.1 Å². The number of methoxy groups -OCH3 is 2. The first-order valence-electron chi connectivity index (χ1n) is 8.02. The zero-order chi connectivity index (χ0) is 20.9. The van der Waals surface area contributed by atoms with Gasteiger partial charge in [0.05, 0.1) is 31.1 Å². The van der Waals surface area contributed by atoms with Gasteiger partial charge in [0, 0.05) is 17.5 Å². The van der Waals surface area contributed by atoms with Gasteiger partial charge >= 0.3 is 11.9 Å². The van der Waals surface area contributed by atoms with Gasteiger partial charge in [-0.1, -0.05) is 12.1 Å². The van der Waals surface area contributed by atoms with Gasteiger partial charge in [0.15, 0.2) is 9.84 Å². The molecule has 148 valence electrons.